The van der Waals surface area contributed by atoms with Crippen LogP contribution in [-0.2, 0) is 27.6 Å². The van der Waals surface area contributed by atoms with E-state index in [9.17, 15) is 22.0 Å². The number of halogens is 2. The Morgan fingerprint density at radius 3 is 2.56 bits per heavy atom. The monoisotopic (exact) mass is 488 g/mol. The van der Waals surface area contributed by atoms with Gasteiger partial charge in [0.1, 0.15) is 22.2 Å². The van der Waals surface area contributed by atoms with Crippen molar-refractivity contribution in [3.8, 4) is 5.69 Å². The van der Waals surface area contributed by atoms with Gasteiger partial charge in [0.2, 0.25) is 10.0 Å². The van der Waals surface area contributed by atoms with Gasteiger partial charge in [-0.2, -0.15) is 9.40 Å². The van der Waals surface area contributed by atoms with E-state index in [1.807, 2.05) is 0 Å². The number of ether oxygens (including phenoxy) is 1. The molecule has 1 saturated heterocycles. The fraction of sp³-hybridized carbons (Fsp3) is 0.304. The van der Waals surface area contributed by atoms with Gasteiger partial charge in [0.05, 0.1) is 13.2 Å². The predicted octanol–water partition coefficient (Wildman–Crippen LogP) is 2.91. The summed E-state index contributed by atoms with van der Waals surface area (Å²) >= 11 is 0. The Labute approximate surface area is 195 Å². The van der Waals surface area contributed by atoms with E-state index >= 15 is 0 Å². The Balaban J connectivity index is 1.45. The molecule has 2 aliphatic rings. The summed E-state index contributed by atoms with van der Waals surface area (Å²) in [6.45, 7) is 0.704. The second kappa shape index (κ2) is 8.90. The molecule has 5 rings (SSSR count). The van der Waals surface area contributed by atoms with Crippen LogP contribution in [0.3, 0.4) is 0 Å². The number of carbonyl (C=O) groups excluding carboxylic acids is 1. The summed E-state index contributed by atoms with van der Waals surface area (Å²) in [4.78, 5) is 12.6. The zero-order valence-corrected chi connectivity index (χ0v) is 18.9. The largest absolute Gasteiger partial charge is 0.379 e. The summed E-state index contributed by atoms with van der Waals surface area (Å²) in [5.41, 5.74) is 2.00. The number of amides is 1. The number of nitrogens with zero attached hydrogens (tertiary/aromatic N) is 3. The minimum atomic E-state index is -4.10. The van der Waals surface area contributed by atoms with Crippen molar-refractivity contribution in [3.63, 3.8) is 0 Å². The molecule has 2 heterocycles. The molecular weight excluding hydrogens is 466 g/mol. The molecule has 2 aromatic carbocycles. The predicted molar refractivity (Wildman–Crippen MR) is 119 cm³/mol. The molecule has 1 aliphatic heterocycles. The molecule has 34 heavy (non-hydrogen) atoms. The number of anilines is 1. The molecular formula is C23H22F2N4O4S. The Morgan fingerprint density at radius 1 is 1.03 bits per heavy atom. The number of rotatable bonds is 5. The van der Waals surface area contributed by atoms with E-state index in [4.69, 9.17) is 4.74 Å². The van der Waals surface area contributed by atoms with Gasteiger partial charge in [-0.05, 0) is 49.6 Å². The lowest BCUT2D eigenvalue weighted by atomic mass is 10.2. The molecule has 1 N–H and O–H groups in total. The molecule has 178 valence electrons. The first kappa shape index (κ1) is 22.6. The Kier molecular flexibility index (Phi) is 5.92. The van der Waals surface area contributed by atoms with Crippen molar-refractivity contribution >= 4 is 21.6 Å². The van der Waals surface area contributed by atoms with Crippen LogP contribution < -0.4 is 5.32 Å². The molecule has 0 spiro atoms. The third kappa shape index (κ3) is 3.99. The maximum absolute atomic E-state index is 14.5. The number of hydrogen-bond acceptors (Lipinski definition) is 5. The lowest BCUT2D eigenvalue weighted by Gasteiger charge is -2.26. The number of morpholine rings is 1. The number of carbonyl (C=O) groups is 1. The van der Waals surface area contributed by atoms with Gasteiger partial charge in [0.25, 0.3) is 5.91 Å². The summed E-state index contributed by atoms with van der Waals surface area (Å²) in [5.74, 6) is -1.94. The van der Waals surface area contributed by atoms with E-state index in [1.165, 1.54) is 16.8 Å². The second-order valence-electron chi connectivity index (χ2n) is 8.11. The number of benzene rings is 2. The van der Waals surface area contributed by atoms with Gasteiger partial charge < -0.3 is 10.1 Å². The van der Waals surface area contributed by atoms with Crippen LogP contribution in [0.5, 0.6) is 0 Å². The van der Waals surface area contributed by atoms with E-state index in [0.29, 0.717) is 12.8 Å². The average molecular weight is 489 g/mol. The third-order valence-electron chi connectivity index (χ3n) is 6.00. The highest BCUT2D eigenvalue weighted by Gasteiger charge is 2.31. The number of sulfonamides is 1. The number of hydrogen-bond donors (Lipinski definition) is 1. The van der Waals surface area contributed by atoms with Gasteiger partial charge in [-0.25, -0.2) is 21.9 Å². The van der Waals surface area contributed by atoms with Crippen molar-refractivity contribution in [2.45, 2.75) is 24.2 Å². The first-order chi connectivity index (χ1) is 16.4. The molecule has 1 fully saturated rings. The quantitative estimate of drug-likeness (QED) is 0.596. The Hall–Kier alpha value is -3.15. The highest BCUT2D eigenvalue weighted by Crippen LogP contribution is 2.30. The molecule has 1 amide bonds. The summed E-state index contributed by atoms with van der Waals surface area (Å²) in [6.07, 6.45) is 2.08. The number of nitrogens with one attached hydrogen (secondary N) is 1. The standard InChI is InChI=1S/C23H22F2N4O4S/c24-17-5-1-2-6-20(17)29-19-7-3-4-16(19)22(27-29)23(30)26-15-8-9-18(25)21(14-15)34(31,32)28-10-12-33-13-11-28/h1-2,5-6,8-9,14H,3-4,7,10-13H2,(H,26,30). The van der Waals surface area contributed by atoms with Crippen LogP contribution in [0.2, 0.25) is 0 Å². The molecule has 0 radical (unpaired) electrons. The minimum Gasteiger partial charge on any atom is -0.379 e. The summed E-state index contributed by atoms with van der Waals surface area (Å²) < 4.78 is 62.5. The molecule has 0 unspecified atom stereocenters. The maximum atomic E-state index is 14.5. The number of para-hydroxylation sites is 1. The lowest BCUT2D eigenvalue weighted by Crippen LogP contribution is -2.40. The van der Waals surface area contributed by atoms with Crippen LogP contribution in [0, 0.1) is 11.6 Å². The fourth-order valence-corrected chi connectivity index (χ4v) is 5.84. The van der Waals surface area contributed by atoms with Gasteiger partial charge in [-0.15, -0.1) is 0 Å². The highest BCUT2D eigenvalue weighted by molar-refractivity contribution is 7.89. The van der Waals surface area contributed by atoms with E-state index < -0.39 is 32.5 Å². The molecule has 1 aromatic heterocycles. The molecule has 0 bridgehead atoms. The van der Waals surface area contributed by atoms with Crippen LogP contribution >= 0.6 is 0 Å². The van der Waals surface area contributed by atoms with E-state index in [2.05, 4.69) is 10.4 Å². The van der Waals surface area contributed by atoms with Crippen molar-refractivity contribution in [1.29, 1.82) is 0 Å². The summed E-state index contributed by atoms with van der Waals surface area (Å²) in [5, 5.41) is 7.00. The van der Waals surface area contributed by atoms with Crippen molar-refractivity contribution in [2.24, 2.45) is 0 Å². The number of fused-ring (bicyclic) bond motifs is 1. The van der Waals surface area contributed by atoms with E-state index in [-0.39, 0.29) is 43.4 Å². The first-order valence-electron chi connectivity index (χ1n) is 10.9. The lowest BCUT2D eigenvalue weighted by molar-refractivity contribution is 0.0729. The smallest absolute Gasteiger partial charge is 0.276 e. The van der Waals surface area contributed by atoms with Gasteiger partial charge in [0, 0.05) is 30.0 Å². The van der Waals surface area contributed by atoms with Crippen molar-refractivity contribution in [3.05, 3.63) is 71.1 Å². The maximum Gasteiger partial charge on any atom is 0.276 e. The first-order valence-corrected chi connectivity index (χ1v) is 12.3. The van der Waals surface area contributed by atoms with Crippen LogP contribution in [0.4, 0.5) is 14.5 Å². The molecule has 1 aliphatic carbocycles. The zero-order chi connectivity index (χ0) is 23.9. The van der Waals surface area contributed by atoms with Crippen LogP contribution in [0.1, 0.15) is 28.2 Å². The van der Waals surface area contributed by atoms with Crippen molar-refractivity contribution < 1.29 is 26.7 Å². The second-order valence-corrected chi connectivity index (χ2v) is 10.0. The normalized spacial score (nSPS) is 16.4. The molecule has 0 saturated carbocycles. The SMILES string of the molecule is O=C(Nc1ccc(F)c(S(=O)(=O)N2CCOCC2)c1)c1nn(-c2ccccc2F)c2c1CCC2. The van der Waals surface area contributed by atoms with Crippen LogP contribution in [0.25, 0.3) is 5.69 Å². The Morgan fingerprint density at radius 2 is 1.79 bits per heavy atom. The van der Waals surface area contributed by atoms with E-state index in [0.717, 1.165) is 34.1 Å². The average Bonchev–Trinajstić information content (AvgIpc) is 3.44. The van der Waals surface area contributed by atoms with Crippen molar-refractivity contribution in [2.75, 3.05) is 31.6 Å². The van der Waals surface area contributed by atoms with E-state index in [1.54, 1.807) is 18.2 Å². The number of aromatic nitrogens is 2. The molecule has 3 aromatic rings. The summed E-state index contributed by atoms with van der Waals surface area (Å²) in [7, 11) is -4.10. The zero-order valence-electron chi connectivity index (χ0n) is 18.1. The third-order valence-corrected chi connectivity index (χ3v) is 7.92. The van der Waals surface area contributed by atoms with Gasteiger partial charge in [-0.1, -0.05) is 12.1 Å². The van der Waals surface area contributed by atoms with Crippen molar-refractivity contribution in [1.82, 2.24) is 14.1 Å². The molecule has 11 heteroatoms. The highest BCUT2D eigenvalue weighted by atomic mass is 32.2. The Bertz CT molecular complexity index is 1370. The summed E-state index contributed by atoms with van der Waals surface area (Å²) in [6, 6.07) is 9.58. The topological polar surface area (TPSA) is 93.5 Å². The molecule has 8 nitrogen and oxygen atoms in total. The van der Waals surface area contributed by atoms with Crippen LogP contribution in [0.15, 0.2) is 47.4 Å². The van der Waals surface area contributed by atoms with Gasteiger partial charge in [0.15, 0.2) is 5.69 Å². The van der Waals surface area contributed by atoms with Crippen LogP contribution in [-0.4, -0.2) is 54.7 Å². The molecule has 0 atom stereocenters. The van der Waals surface area contributed by atoms with Gasteiger partial charge in [-0.3, -0.25) is 4.79 Å². The minimum absolute atomic E-state index is 0.116. The van der Waals surface area contributed by atoms with Gasteiger partial charge >= 0.3 is 0 Å². The fourth-order valence-electron chi connectivity index (χ4n) is 4.34.